The Labute approximate surface area is 120 Å². The number of hydrogen-bond acceptors (Lipinski definition) is 4. The molecular formula is C15H25N3O2. The second kappa shape index (κ2) is 6.50. The van der Waals surface area contributed by atoms with Gasteiger partial charge in [-0.1, -0.05) is 33.1 Å². The molecule has 0 aliphatic heterocycles. The van der Waals surface area contributed by atoms with Gasteiger partial charge in [-0.15, -0.1) is 0 Å². The van der Waals surface area contributed by atoms with Crippen molar-refractivity contribution in [3.63, 3.8) is 0 Å². The van der Waals surface area contributed by atoms with E-state index in [9.17, 15) is 4.79 Å². The van der Waals surface area contributed by atoms with Gasteiger partial charge in [-0.25, -0.2) is 4.98 Å². The van der Waals surface area contributed by atoms with Crippen LogP contribution >= 0.6 is 0 Å². The van der Waals surface area contributed by atoms with Crippen LogP contribution in [0.5, 0.6) is 0 Å². The van der Waals surface area contributed by atoms with Crippen LogP contribution in [0.1, 0.15) is 57.5 Å². The zero-order valence-corrected chi connectivity index (χ0v) is 12.7. The maximum atomic E-state index is 11.9. The van der Waals surface area contributed by atoms with Crippen LogP contribution in [0.15, 0.2) is 10.9 Å². The average Bonchev–Trinajstić information content (AvgIpc) is 2.45. The highest BCUT2D eigenvalue weighted by atomic mass is 16.5. The van der Waals surface area contributed by atoms with Gasteiger partial charge in [-0.3, -0.25) is 4.79 Å². The lowest BCUT2D eigenvalue weighted by atomic mass is 9.84. The SMILES string of the molecule is COC1(c2nc(CNC(C)C)cc(=O)[nH]2)CCCCC1. The molecule has 112 valence electrons. The van der Waals surface area contributed by atoms with E-state index >= 15 is 0 Å². The molecule has 0 spiro atoms. The third-order valence-electron chi connectivity index (χ3n) is 3.97. The fourth-order valence-corrected chi connectivity index (χ4v) is 2.78. The molecule has 0 aromatic carbocycles. The first-order valence-electron chi connectivity index (χ1n) is 7.45. The lowest BCUT2D eigenvalue weighted by molar-refractivity contribution is -0.0518. The molecule has 2 N–H and O–H groups in total. The summed E-state index contributed by atoms with van der Waals surface area (Å²) in [4.78, 5) is 19.4. The second-order valence-corrected chi connectivity index (χ2v) is 5.88. The van der Waals surface area contributed by atoms with Crippen LogP contribution in [-0.4, -0.2) is 23.1 Å². The van der Waals surface area contributed by atoms with Crippen LogP contribution in [0.25, 0.3) is 0 Å². The molecule has 0 radical (unpaired) electrons. The Morgan fingerprint density at radius 1 is 1.40 bits per heavy atom. The van der Waals surface area contributed by atoms with Crippen molar-refractivity contribution in [3.05, 3.63) is 27.9 Å². The summed E-state index contributed by atoms with van der Waals surface area (Å²) in [6.07, 6.45) is 5.31. The number of aromatic amines is 1. The maximum Gasteiger partial charge on any atom is 0.251 e. The molecule has 0 unspecified atom stereocenters. The van der Waals surface area contributed by atoms with Gasteiger partial charge >= 0.3 is 0 Å². The Balaban J connectivity index is 2.28. The van der Waals surface area contributed by atoms with E-state index < -0.39 is 5.60 Å². The third-order valence-corrected chi connectivity index (χ3v) is 3.97. The van der Waals surface area contributed by atoms with Crippen molar-refractivity contribution in [3.8, 4) is 0 Å². The highest BCUT2D eigenvalue weighted by Crippen LogP contribution is 2.37. The molecule has 5 nitrogen and oxygen atoms in total. The summed E-state index contributed by atoms with van der Waals surface area (Å²) in [5.74, 6) is 0.688. The number of H-pyrrole nitrogens is 1. The summed E-state index contributed by atoms with van der Waals surface area (Å²) in [6, 6.07) is 1.93. The van der Waals surface area contributed by atoms with E-state index in [4.69, 9.17) is 4.74 Å². The van der Waals surface area contributed by atoms with Crippen LogP contribution in [0.4, 0.5) is 0 Å². The molecule has 0 saturated heterocycles. The van der Waals surface area contributed by atoms with Crippen molar-refractivity contribution in [2.45, 2.75) is 64.1 Å². The number of rotatable bonds is 5. The molecule has 1 aromatic rings. The van der Waals surface area contributed by atoms with Gasteiger partial charge in [0.25, 0.3) is 5.56 Å². The number of ether oxygens (including phenoxy) is 1. The van der Waals surface area contributed by atoms with Crippen LogP contribution in [0.3, 0.4) is 0 Å². The first-order valence-corrected chi connectivity index (χ1v) is 7.45. The highest BCUT2D eigenvalue weighted by molar-refractivity contribution is 5.10. The second-order valence-electron chi connectivity index (χ2n) is 5.88. The van der Waals surface area contributed by atoms with Gasteiger partial charge in [-0.05, 0) is 12.8 Å². The maximum absolute atomic E-state index is 11.9. The minimum Gasteiger partial charge on any atom is -0.370 e. The van der Waals surface area contributed by atoms with E-state index in [0.717, 1.165) is 31.4 Å². The fraction of sp³-hybridized carbons (Fsp3) is 0.733. The molecule has 2 rings (SSSR count). The van der Waals surface area contributed by atoms with E-state index in [1.54, 1.807) is 13.2 Å². The van der Waals surface area contributed by atoms with Crippen molar-refractivity contribution >= 4 is 0 Å². The van der Waals surface area contributed by atoms with Gasteiger partial charge in [0.1, 0.15) is 11.4 Å². The Morgan fingerprint density at radius 2 is 2.10 bits per heavy atom. The zero-order chi connectivity index (χ0) is 14.6. The molecule has 1 fully saturated rings. The molecule has 1 aliphatic carbocycles. The summed E-state index contributed by atoms with van der Waals surface area (Å²) in [5, 5.41) is 3.29. The number of methoxy groups -OCH3 is 1. The van der Waals surface area contributed by atoms with E-state index in [-0.39, 0.29) is 5.56 Å². The van der Waals surface area contributed by atoms with Crippen molar-refractivity contribution < 1.29 is 4.74 Å². The highest BCUT2D eigenvalue weighted by Gasteiger charge is 2.36. The van der Waals surface area contributed by atoms with Gasteiger partial charge in [0.05, 0.1) is 5.69 Å². The van der Waals surface area contributed by atoms with E-state index in [0.29, 0.717) is 18.4 Å². The van der Waals surface area contributed by atoms with Crippen LogP contribution < -0.4 is 10.9 Å². The van der Waals surface area contributed by atoms with Gasteiger partial charge in [0.15, 0.2) is 0 Å². The average molecular weight is 279 g/mol. The predicted molar refractivity (Wildman–Crippen MR) is 78.6 cm³/mol. The fourth-order valence-electron chi connectivity index (χ4n) is 2.78. The Bertz CT molecular complexity index is 490. The molecule has 1 heterocycles. The number of aromatic nitrogens is 2. The topological polar surface area (TPSA) is 67.0 Å². The molecule has 1 aliphatic rings. The van der Waals surface area contributed by atoms with Gasteiger partial charge in [0.2, 0.25) is 0 Å². The van der Waals surface area contributed by atoms with Gasteiger partial charge < -0.3 is 15.0 Å². The van der Waals surface area contributed by atoms with E-state index in [2.05, 4.69) is 29.1 Å². The number of nitrogens with one attached hydrogen (secondary N) is 2. The Hall–Kier alpha value is -1.20. The summed E-state index contributed by atoms with van der Waals surface area (Å²) in [5.41, 5.74) is 0.266. The summed E-state index contributed by atoms with van der Waals surface area (Å²) < 4.78 is 5.75. The predicted octanol–water partition coefficient (Wildman–Crippen LogP) is 2.07. The van der Waals surface area contributed by atoms with Crippen LogP contribution in [-0.2, 0) is 16.9 Å². The van der Waals surface area contributed by atoms with Crippen molar-refractivity contribution in [2.24, 2.45) is 0 Å². The molecular weight excluding hydrogens is 254 g/mol. The molecule has 0 atom stereocenters. The summed E-state index contributed by atoms with van der Waals surface area (Å²) >= 11 is 0. The number of hydrogen-bond donors (Lipinski definition) is 2. The standard InChI is InChI=1S/C15H25N3O2/c1-11(2)16-10-12-9-13(19)18-14(17-12)15(20-3)7-5-4-6-8-15/h9,11,16H,4-8,10H2,1-3H3,(H,17,18,19). The first kappa shape index (κ1) is 15.2. The number of nitrogens with zero attached hydrogens (tertiary/aromatic N) is 1. The summed E-state index contributed by atoms with van der Waals surface area (Å²) in [6.45, 7) is 4.76. The Morgan fingerprint density at radius 3 is 2.70 bits per heavy atom. The largest absolute Gasteiger partial charge is 0.370 e. The summed E-state index contributed by atoms with van der Waals surface area (Å²) in [7, 11) is 1.71. The third kappa shape index (κ3) is 3.46. The minimum atomic E-state index is -0.411. The molecule has 1 aromatic heterocycles. The first-order chi connectivity index (χ1) is 9.55. The zero-order valence-electron chi connectivity index (χ0n) is 12.7. The van der Waals surface area contributed by atoms with Gasteiger partial charge in [0, 0.05) is 25.8 Å². The molecule has 5 heteroatoms. The van der Waals surface area contributed by atoms with Crippen molar-refractivity contribution in [1.82, 2.24) is 15.3 Å². The monoisotopic (exact) mass is 279 g/mol. The molecule has 1 saturated carbocycles. The van der Waals surface area contributed by atoms with Crippen LogP contribution in [0.2, 0.25) is 0 Å². The Kier molecular flexibility index (Phi) is 4.94. The normalized spacial score (nSPS) is 18.4. The van der Waals surface area contributed by atoms with Gasteiger partial charge in [-0.2, -0.15) is 0 Å². The lowest BCUT2D eigenvalue weighted by Gasteiger charge is -2.34. The van der Waals surface area contributed by atoms with Crippen molar-refractivity contribution in [2.75, 3.05) is 7.11 Å². The quantitative estimate of drug-likeness (QED) is 0.866. The van der Waals surface area contributed by atoms with E-state index in [1.165, 1.54) is 6.42 Å². The molecule has 20 heavy (non-hydrogen) atoms. The van der Waals surface area contributed by atoms with Crippen molar-refractivity contribution in [1.29, 1.82) is 0 Å². The smallest absolute Gasteiger partial charge is 0.251 e. The molecule has 0 bridgehead atoms. The van der Waals surface area contributed by atoms with Crippen LogP contribution in [0, 0.1) is 0 Å². The molecule has 0 amide bonds. The van der Waals surface area contributed by atoms with E-state index in [1.807, 2.05) is 0 Å². The minimum absolute atomic E-state index is 0.0995. The lowest BCUT2D eigenvalue weighted by Crippen LogP contribution is -2.36.